The van der Waals surface area contributed by atoms with E-state index in [1.165, 1.54) is 17.2 Å². The average Bonchev–Trinajstić information content (AvgIpc) is 2.71. The van der Waals surface area contributed by atoms with Crippen molar-refractivity contribution in [2.45, 2.75) is 0 Å². The fourth-order valence-corrected chi connectivity index (χ4v) is 1.42. The van der Waals surface area contributed by atoms with Gasteiger partial charge in [0.2, 0.25) is 0 Å². The summed E-state index contributed by atoms with van der Waals surface area (Å²) in [7, 11) is 0. The summed E-state index contributed by atoms with van der Waals surface area (Å²) in [5.74, 6) is 0. The van der Waals surface area contributed by atoms with Crippen LogP contribution in [0.5, 0.6) is 0 Å². The number of benzene rings is 1. The van der Waals surface area contributed by atoms with Crippen molar-refractivity contribution in [2.24, 2.45) is 5.16 Å². The molecule has 1 aromatic heterocycles. The Morgan fingerprint density at radius 3 is 2.81 bits per heavy atom. The molecule has 0 atom stereocenters. The van der Waals surface area contributed by atoms with Gasteiger partial charge in [0.1, 0.15) is 5.69 Å². The first-order valence-corrected chi connectivity index (χ1v) is 5.01. The van der Waals surface area contributed by atoms with Crippen molar-refractivity contribution in [3.8, 4) is 5.69 Å². The third-order valence-corrected chi connectivity index (χ3v) is 2.57. The number of hydrogen-bond donors (Lipinski definition) is 1. The highest BCUT2D eigenvalue weighted by Gasteiger charge is 2.04. The lowest BCUT2D eigenvalue weighted by atomic mass is 10.3. The Bertz CT molecular complexity index is 538. The van der Waals surface area contributed by atoms with Crippen LogP contribution in [0.15, 0.2) is 29.6 Å². The maximum atomic E-state index is 8.33. The highest BCUT2D eigenvalue weighted by atomic mass is 35.5. The van der Waals surface area contributed by atoms with Gasteiger partial charge in [-0.05, 0) is 18.2 Å². The molecule has 0 amide bonds. The van der Waals surface area contributed by atoms with Gasteiger partial charge in [0.15, 0.2) is 0 Å². The fraction of sp³-hybridized carbons (Fsp3) is 0. The van der Waals surface area contributed by atoms with Crippen LogP contribution >= 0.6 is 23.2 Å². The van der Waals surface area contributed by atoms with Crippen LogP contribution in [0.25, 0.3) is 5.69 Å². The second kappa shape index (κ2) is 4.51. The lowest BCUT2D eigenvalue weighted by molar-refractivity contribution is 0.321. The predicted octanol–water partition coefficient (Wildman–Crippen LogP) is 2.38. The van der Waals surface area contributed by atoms with Crippen molar-refractivity contribution < 1.29 is 5.21 Å². The number of rotatable bonds is 2. The Morgan fingerprint density at radius 1 is 1.31 bits per heavy atom. The lowest BCUT2D eigenvalue weighted by Crippen LogP contribution is -1.99. The van der Waals surface area contributed by atoms with E-state index in [0.717, 1.165) is 0 Å². The molecule has 1 aromatic carbocycles. The first-order valence-electron chi connectivity index (χ1n) is 4.26. The predicted molar refractivity (Wildman–Crippen MR) is 60.8 cm³/mol. The topological polar surface area (TPSA) is 63.3 Å². The van der Waals surface area contributed by atoms with Gasteiger partial charge in [-0.3, -0.25) is 0 Å². The van der Waals surface area contributed by atoms with Crippen molar-refractivity contribution in [3.63, 3.8) is 0 Å². The third kappa shape index (κ3) is 2.15. The minimum Gasteiger partial charge on any atom is -0.411 e. The highest BCUT2D eigenvalue weighted by molar-refractivity contribution is 6.42. The summed E-state index contributed by atoms with van der Waals surface area (Å²) in [4.78, 5) is 1.36. The van der Waals surface area contributed by atoms with E-state index in [1.807, 2.05) is 0 Å². The smallest absolute Gasteiger partial charge is 0.127 e. The molecule has 0 aliphatic rings. The molecule has 0 bridgehead atoms. The summed E-state index contributed by atoms with van der Waals surface area (Å²) in [5, 5.41) is 20.1. The van der Waals surface area contributed by atoms with Gasteiger partial charge in [-0.1, -0.05) is 28.4 Å². The van der Waals surface area contributed by atoms with Gasteiger partial charge in [0.25, 0.3) is 0 Å². The minimum atomic E-state index is 0.425. The molecule has 0 fully saturated rings. The number of oxime groups is 1. The van der Waals surface area contributed by atoms with E-state index < -0.39 is 0 Å². The molecule has 1 heterocycles. The number of halogens is 2. The lowest BCUT2D eigenvalue weighted by Gasteiger charge is -2.00. The van der Waals surface area contributed by atoms with Gasteiger partial charge < -0.3 is 5.21 Å². The van der Waals surface area contributed by atoms with Crippen molar-refractivity contribution in [3.05, 3.63) is 40.1 Å². The standard InChI is InChI=1S/C9H6Cl2N4O/c10-8-2-1-7(3-9(8)11)15-12-4-6(14-15)5-13-16/h1-5,16H/b13-5+. The molecule has 0 aliphatic carbocycles. The molecule has 5 nitrogen and oxygen atoms in total. The molecular formula is C9H6Cl2N4O. The van der Waals surface area contributed by atoms with Gasteiger partial charge in [0.05, 0.1) is 28.1 Å². The van der Waals surface area contributed by atoms with E-state index in [-0.39, 0.29) is 0 Å². The van der Waals surface area contributed by atoms with Crippen LogP contribution in [0, 0.1) is 0 Å². The van der Waals surface area contributed by atoms with E-state index in [2.05, 4.69) is 15.4 Å². The van der Waals surface area contributed by atoms with Crippen LogP contribution < -0.4 is 0 Å². The Hall–Kier alpha value is -1.59. The second-order valence-electron chi connectivity index (χ2n) is 2.90. The van der Waals surface area contributed by atoms with Crippen LogP contribution in [-0.4, -0.2) is 26.4 Å². The highest BCUT2D eigenvalue weighted by Crippen LogP contribution is 2.23. The van der Waals surface area contributed by atoms with E-state index >= 15 is 0 Å². The molecule has 0 aliphatic heterocycles. The van der Waals surface area contributed by atoms with Crippen LogP contribution in [0.1, 0.15) is 5.69 Å². The maximum absolute atomic E-state index is 8.33. The molecule has 0 saturated heterocycles. The Balaban J connectivity index is 2.38. The van der Waals surface area contributed by atoms with Crippen LogP contribution in [0.4, 0.5) is 0 Å². The van der Waals surface area contributed by atoms with Gasteiger partial charge in [-0.25, -0.2) is 0 Å². The van der Waals surface area contributed by atoms with E-state index in [0.29, 0.717) is 21.4 Å². The summed E-state index contributed by atoms with van der Waals surface area (Å²) in [5.41, 5.74) is 1.11. The Labute approximate surface area is 101 Å². The Morgan fingerprint density at radius 2 is 2.12 bits per heavy atom. The van der Waals surface area contributed by atoms with Gasteiger partial charge in [0, 0.05) is 0 Å². The summed E-state index contributed by atoms with van der Waals surface area (Å²) in [6.45, 7) is 0. The quantitative estimate of drug-likeness (QED) is 0.510. The monoisotopic (exact) mass is 256 g/mol. The largest absolute Gasteiger partial charge is 0.411 e. The van der Waals surface area contributed by atoms with E-state index in [1.54, 1.807) is 18.2 Å². The average molecular weight is 257 g/mol. The molecule has 1 N–H and O–H groups in total. The summed E-state index contributed by atoms with van der Waals surface area (Å²) in [6, 6.07) is 5.03. The molecule has 2 rings (SSSR count). The van der Waals surface area contributed by atoms with Crippen molar-refractivity contribution in [1.29, 1.82) is 0 Å². The third-order valence-electron chi connectivity index (χ3n) is 1.83. The normalized spacial score (nSPS) is 11.1. The number of aromatic nitrogens is 3. The van der Waals surface area contributed by atoms with Crippen LogP contribution in [0.2, 0.25) is 10.0 Å². The molecule has 0 unspecified atom stereocenters. The van der Waals surface area contributed by atoms with Crippen LogP contribution in [0.3, 0.4) is 0 Å². The maximum Gasteiger partial charge on any atom is 0.127 e. The van der Waals surface area contributed by atoms with Gasteiger partial charge in [-0.15, -0.1) is 5.10 Å². The first kappa shape index (κ1) is 10.9. The van der Waals surface area contributed by atoms with Crippen molar-refractivity contribution in [2.75, 3.05) is 0 Å². The van der Waals surface area contributed by atoms with E-state index in [4.69, 9.17) is 28.4 Å². The zero-order valence-corrected chi connectivity index (χ0v) is 9.39. The molecule has 82 valence electrons. The molecule has 0 saturated carbocycles. The molecule has 16 heavy (non-hydrogen) atoms. The van der Waals surface area contributed by atoms with Crippen molar-refractivity contribution in [1.82, 2.24) is 15.0 Å². The number of hydrogen-bond acceptors (Lipinski definition) is 4. The zero-order valence-electron chi connectivity index (χ0n) is 7.88. The van der Waals surface area contributed by atoms with Gasteiger partial charge in [-0.2, -0.15) is 9.90 Å². The summed E-state index contributed by atoms with van der Waals surface area (Å²) < 4.78 is 0. The number of nitrogens with zero attached hydrogens (tertiary/aromatic N) is 4. The molecule has 0 spiro atoms. The molecule has 7 heteroatoms. The summed E-state index contributed by atoms with van der Waals surface area (Å²) >= 11 is 11.7. The van der Waals surface area contributed by atoms with E-state index in [9.17, 15) is 0 Å². The second-order valence-corrected chi connectivity index (χ2v) is 3.72. The molecule has 0 radical (unpaired) electrons. The first-order chi connectivity index (χ1) is 7.70. The zero-order chi connectivity index (χ0) is 11.5. The minimum absolute atomic E-state index is 0.425. The summed E-state index contributed by atoms with van der Waals surface area (Å²) in [6.07, 6.45) is 2.64. The SMILES string of the molecule is O/N=C/c1cnn(-c2ccc(Cl)c(Cl)c2)n1. The molecule has 2 aromatic rings. The van der Waals surface area contributed by atoms with Crippen LogP contribution in [-0.2, 0) is 0 Å². The van der Waals surface area contributed by atoms with Crippen molar-refractivity contribution >= 4 is 29.4 Å². The fourth-order valence-electron chi connectivity index (χ4n) is 1.13. The van der Waals surface area contributed by atoms with Gasteiger partial charge >= 0.3 is 0 Å². The Kier molecular flexibility index (Phi) is 3.07. The molecular weight excluding hydrogens is 251 g/mol.